The van der Waals surface area contributed by atoms with E-state index in [1.807, 2.05) is 22.4 Å². The van der Waals surface area contributed by atoms with E-state index < -0.39 is 0 Å². The number of fused-ring (bicyclic) bond motifs is 1. The maximum absolute atomic E-state index is 12.8. The fourth-order valence-electron chi connectivity index (χ4n) is 3.61. The van der Waals surface area contributed by atoms with E-state index in [0.717, 1.165) is 17.7 Å². The molecule has 2 aliphatic heterocycles. The molecule has 2 aliphatic rings. The Bertz CT molecular complexity index is 1080. The molecule has 3 aromatic rings. The fraction of sp³-hybridized carbons (Fsp3) is 0.300. The minimum atomic E-state index is -0.341. The summed E-state index contributed by atoms with van der Waals surface area (Å²) in [5.74, 6) is 0.991. The highest BCUT2D eigenvalue weighted by molar-refractivity contribution is 7.13. The molecule has 1 N–H and O–H groups in total. The van der Waals surface area contributed by atoms with E-state index in [0.29, 0.717) is 35.2 Å². The molecule has 4 heterocycles. The third-order valence-electron chi connectivity index (χ3n) is 5.03. The highest BCUT2D eigenvalue weighted by atomic mass is 32.1. The maximum Gasteiger partial charge on any atom is 0.286 e. The predicted molar refractivity (Wildman–Crippen MR) is 112 cm³/mol. The summed E-state index contributed by atoms with van der Waals surface area (Å²) in [6.07, 6.45) is 2.14. The van der Waals surface area contributed by atoms with Crippen LogP contribution < -0.4 is 14.8 Å². The van der Waals surface area contributed by atoms with Gasteiger partial charge in [-0.2, -0.15) is 0 Å². The van der Waals surface area contributed by atoms with Gasteiger partial charge in [0.05, 0.1) is 12.5 Å². The standard InChI is InChI=1S/C20H18N4O4S2/c25-17(10-13-3-2-8-29-13)24-7-1-4-14(24)19-22-23-20(30-19)18(26)21-12-5-6-15-16(9-12)28-11-27-15/h2-3,5-6,8-9,14H,1,4,7,10-11H2,(H,21,26)/t14-/m0/s1. The van der Waals surface area contributed by atoms with Crippen LogP contribution in [0.25, 0.3) is 0 Å². The molecule has 2 aromatic heterocycles. The first-order valence-corrected chi connectivity index (χ1v) is 11.2. The molecule has 0 radical (unpaired) electrons. The van der Waals surface area contributed by atoms with Crippen molar-refractivity contribution in [3.8, 4) is 11.5 Å². The third-order valence-corrected chi connectivity index (χ3v) is 6.93. The number of rotatable bonds is 5. The normalized spacial score (nSPS) is 17.3. The second kappa shape index (κ2) is 8.04. The van der Waals surface area contributed by atoms with E-state index in [1.165, 1.54) is 11.3 Å². The molecule has 0 bridgehead atoms. The van der Waals surface area contributed by atoms with E-state index in [9.17, 15) is 9.59 Å². The number of carbonyl (C=O) groups is 2. The largest absolute Gasteiger partial charge is 0.454 e. The van der Waals surface area contributed by atoms with Gasteiger partial charge in [0.25, 0.3) is 5.91 Å². The van der Waals surface area contributed by atoms with Crippen LogP contribution in [0.4, 0.5) is 5.69 Å². The van der Waals surface area contributed by atoms with Gasteiger partial charge in [0.15, 0.2) is 11.5 Å². The number of likely N-dealkylation sites (tertiary alicyclic amines) is 1. The molecule has 8 nitrogen and oxygen atoms in total. The molecule has 10 heteroatoms. The molecule has 0 spiro atoms. The van der Waals surface area contributed by atoms with Crippen molar-refractivity contribution >= 4 is 40.2 Å². The van der Waals surface area contributed by atoms with Crippen LogP contribution in [0.3, 0.4) is 0 Å². The molecular weight excluding hydrogens is 424 g/mol. The van der Waals surface area contributed by atoms with Crippen molar-refractivity contribution in [1.82, 2.24) is 15.1 Å². The van der Waals surface area contributed by atoms with E-state index in [-0.39, 0.29) is 29.7 Å². The number of ether oxygens (including phenoxy) is 2. The minimum Gasteiger partial charge on any atom is -0.454 e. The Hall–Kier alpha value is -2.98. The van der Waals surface area contributed by atoms with Crippen molar-refractivity contribution in [2.45, 2.75) is 25.3 Å². The highest BCUT2D eigenvalue weighted by Crippen LogP contribution is 2.36. The fourth-order valence-corrected chi connectivity index (χ4v) is 5.19. The van der Waals surface area contributed by atoms with Gasteiger partial charge in [-0.05, 0) is 36.4 Å². The number of thiophene rings is 1. The first kappa shape index (κ1) is 19.0. The summed E-state index contributed by atoms with van der Waals surface area (Å²) in [5, 5.41) is 14.0. The Morgan fingerprint density at radius 2 is 2.10 bits per heavy atom. The van der Waals surface area contributed by atoms with Crippen LogP contribution in [0, 0.1) is 0 Å². The lowest BCUT2D eigenvalue weighted by atomic mass is 10.2. The molecular formula is C20H18N4O4S2. The second-order valence-electron chi connectivity index (χ2n) is 6.97. The lowest BCUT2D eigenvalue weighted by Crippen LogP contribution is -2.31. The van der Waals surface area contributed by atoms with Crippen LogP contribution in [0.15, 0.2) is 35.7 Å². The first-order valence-electron chi connectivity index (χ1n) is 9.53. The second-order valence-corrected chi connectivity index (χ2v) is 9.01. The molecule has 1 aromatic carbocycles. The number of amides is 2. The van der Waals surface area contributed by atoms with Crippen molar-refractivity contribution in [1.29, 1.82) is 0 Å². The van der Waals surface area contributed by atoms with Gasteiger partial charge >= 0.3 is 0 Å². The monoisotopic (exact) mass is 442 g/mol. The Morgan fingerprint density at radius 1 is 1.20 bits per heavy atom. The molecule has 0 aliphatic carbocycles. The predicted octanol–water partition coefficient (Wildman–Crippen LogP) is 3.49. The van der Waals surface area contributed by atoms with Crippen LogP contribution in [0.5, 0.6) is 11.5 Å². The Kier molecular flexibility index (Phi) is 5.09. The highest BCUT2D eigenvalue weighted by Gasteiger charge is 2.33. The summed E-state index contributed by atoms with van der Waals surface area (Å²) in [5.41, 5.74) is 0.592. The number of nitrogens with one attached hydrogen (secondary N) is 1. The average Bonchev–Trinajstić information content (AvgIpc) is 3.54. The molecule has 1 saturated heterocycles. The summed E-state index contributed by atoms with van der Waals surface area (Å²) >= 11 is 2.81. The van der Waals surface area contributed by atoms with Crippen molar-refractivity contribution in [3.05, 3.63) is 50.6 Å². The lowest BCUT2D eigenvalue weighted by Gasteiger charge is -2.22. The quantitative estimate of drug-likeness (QED) is 0.650. The van der Waals surface area contributed by atoms with Gasteiger partial charge in [0.2, 0.25) is 17.7 Å². The van der Waals surface area contributed by atoms with E-state index in [1.54, 1.807) is 29.5 Å². The van der Waals surface area contributed by atoms with Gasteiger partial charge in [0, 0.05) is 23.2 Å². The molecule has 1 fully saturated rings. The summed E-state index contributed by atoms with van der Waals surface area (Å²) in [6, 6.07) is 9.00. The van der Waals surface area contributed by atoms with Crippen LogP contribution in [-0.4, -0.2) is 40.2 Å². The minimum absolute atomic E-state index is 0.0847. The van der Waals surface area contributed by atoms with E-state index in [4.69, 9.17) is 9.47 Å². The van der Waals surface area contributed by atoms with Crippen molar-refractivity contribution in [2.24, 2.45) is 0 Å². The average molecular weight is 443 g/mol. The topological polar surface area (TPSA) is 93.7 Å². The zero-order valence-corrected chi connectivity index (χ0v) is 17.5. The molecule has 154 valence electrons. The molecule has 0 unspecified atom stereocenters. The maximum atomic E-state index is 12.8. The van der Waals surface area contributed by atoms with Gasteiger partial charge in [0.1, 0.15) is 5.01 Å². The summed E-state index contributed by atoms with van der Waals surface area (Å²) in [4.78, 5) is 28.3. The smallest absolute Gasteiger partial charge is 0.286 e. The van der Waals surface area contributed by atoms with Gasteiger partial charge in [-0.25, -0.2) is 0 Å². The Morgan fingerprint density at radius 3 is 2.97 bits per heavy atom. The van der Waals surface area contributed by atoms with Crippen molar-refractivity contribution in [2.75, 3.05) is 18.7 Å². The van der Waals surface area contributed by atoms with Crippen LogP contribution >= 0.6 is 22.7 Å². The molecule has 2 amide bonds. The zero-order valence-electron chi connectivity index (χ0n) is 15.9. The molecule has 1 atom stereocenters. The van der Waals surface area contributed by atoms with E-state index in [2.05, 4.69) is 15.5 Å². The number of anilines is 1. The van der Waals surface area contributed by atoms with E-state index >= 15 is 0 Å². The van der Waals surface area contributed by atoms with Gasteiger partial charge in [-0.1, -0.05) is 17.4 Å². The van der Waals surface area contributed by atoms with Crippen LogP contribution in [0.1, 0.15) is 38.6 Å². The number of nitrogens with zero attached hydrogens (tertiary/aromatic N) is 3. The Balaban J connectivity index is 1.27. The SMILES string of the molecule is O=C(Nc1ccc2c(c1)OCO2)c1nnc([C@@H]2CCCN2C(=O)Cc2cccs2)s1. The molecule has 5 rings (SSSR count). The number of carbonyl (C=O) groups excluding carboxylic acids is 2. The first-order chi connectivity index (χ1) is 14.7. The van der Waals surface area contributed by atoms with Gasteiger partial charge in [-0.15, -0.1) is 21.5 Å². The third kappa shape index (κ3) is 3.75. The number of benzene rings is 1. The number of hydrogen-bond donors (Lipinski definition) is 1. The van der Waals surface area contributed by atoms with Crippen LogP contribution in [-0.2, 0) is 11.2 Å². The summed E-state index contributed by atoms with van der Waals surface area (Å²) in [6.45, 7) is 0.878. The summed E-state index contributed by atoms with van der Waals surface area (Å²) < 4.78 is 10.6. The van der Waals surface area contributed by atoms with Crippen molar-refractivity contribution in [3.63, 3.8) is 0 Å². The number of hydrogen-bond acceptors (Lipinski definition) is 8. The number of aromatic nitrogens is 2. The van der Waals surface area contributed by atoms with Crippen LogP contribution in [0.2, 0.25) is 0 Å². The van der Waals surface area contributed by atoms with Gasteiger partial charge < -0.3 is 19.7 Å². The van der Waals surface area contributed by atoms with Gasteiger partial charge in [-0.3, -0.25) is 9.59 Å². The molecule has 0 saturated carbocycles. The lowest BCUT2D eigenvalue weighted by molar-refractivity contribution is -0.131. The molecule has 30 heavy (non-hydrogen) atoms. The van der Waals surface area contributed by atoms with Crippen molar-refractivity contribution < 1.29 is 19.1 Å². The summed E-state index contributed by atoms with van der Waals surface area (Å²) in [7, 11) is 0. The zero-order chi connectivity index (χ0) is 20.5. The Labute approximate surface area is 180 Å².